The minimum absolute atomic E-state index is 0.316. The highest BCUT2D eigenvalue weighted by molar-refractivity contribution is 7.87. The lowest BCUT2D eigenvalue weighted by Crippen LogP contribution is -2.50. The first kappa shape index (κ1) is 11.4. The predicted molar refractivity (Wildman–Crippen MR) is 49.6 cm³/mol. The van der Waals surface area contributed by atoms with Gasteiger partial charge in [-0.3, -0.25) is 14.8 Å². The molecule has 1 amide bonds. The molecule has 1 saturated carbocycles. The van der Waals surface area contributed by atoms with E-state index in [0.717, 1.165) is 0 Å². The fourth-order valence-electron chi connectivity index (χ4n) is 1.89. The average Bonchev–Trinajstić information content (AvgIpc) is 1.99. The van der Waals surface area contributed by atoms with E-state index in [9.17, 15) is 13.2 Å². The summed E-state index contributed by atoms with van der Waals surface area (Å²) in [6.45, 7) is 1.96. The van der Waals surface area contributed by atoms with Crippen LogP contribution in [0.3, 0.4) is 0 Å². The van der Waals surface area contributed by atoms with Gasteiger partial charge in [-0.15, -0.1) is 0 Å². The minimum Gasteiger partial charge on any atom is -0.293 e. The molecule has 82 valence electrons. The van der Waals surface area contributed by atoms with Crippen molar-refractivity contribution in [2.45, 2.75) is 25.0 Å². The van der Waals surface area contributed by atoms with Crippen LogP contribution < -0.4 is 11.3 Å². The zero-order valence-corrected chi connectivity index (χ0v) is 8.62. The molecule has 0 aromatic rings. The molecule has 0 saturated heterocycles. The number of amides is 1. The second-order valence-corrected chi connectivity index (χ2v) is 5.32. The Kier molecular flexibility index (Phi) is 3.13. The summed E-state index contributed by atoms with van der Waals surface area (Å²) in [5.41, 5.74) is 1.76. The number of hydrogen-bond donors (Lipinski definition) is 3. The highest BCUT2D eigenvalue weighted by atomic mass is 32.2. The molecule has 14 heavy (non-hydrogen) atoms. The van der Waals surface area contributed by atoms with Gasteiger partial charge in [0.05, 0.1) is 0 Å². The van der Waals surface area contributed by atoms with Gasteiger partial charge in [0.1, 0.15) is 0 Å². The van der Waals surface area contributed by atoms with Gasteiger partial charge in [0.25, 0.3) is 16.0 Å². The van der Waals surface area contributed by atoms with Crippen LogP contribution in [0.25, 0.3) is 0 Å². The summed E-state index contributed by atoms with van der Waals surface area (Å²) in [6, 6.07) is 0. The van der Waals surface area contributed by atoms with Crippen LogP contribution in [0.5, 0.6) is 0 Å². The molecule has 1 rings (SSSR count). The van der Waals surface area contributed by atoms with Crippen LogP contribution in [0.4, 0.5) is 0 Å². The Hall–Kier alpha value is -0.660. The molecular formula is C7H14N2O4S. The summed E-state index contributed by atoms with van der Waals surface area (Å²) in [5, 5.41) is -1.41. The molecule has 0 aliphatic heterocycles. The van der Waals surface area contributed by atoms with E-state index < -0.39 is 21.3 Å². The summed E-state index contributed by atoms with van der Waals surface area (Å²) in [5.74, 6) is 4.08. The Morgan fingerprint density at radius 3 is 2.36 bits per heavy atom. The predicted octanol–water partition coefficient (Wildman–Crippen LogP) is -0.721. The third kappa shape index (κ3) is 2.23. The highest BCUT2D eigenvalue weighted by Crippen LogP contribution is 2.37. The second-order valence-electron chi connectivity index (χ2n) is 3.78. The van der Waals surface area contributed by atoms with Gasteiger partial charge in [-0.05, 0) is 24.7 Å². The first-order chi connectivity index (χ1) is 6.36. The lowest BCUT2D eigenvalue weighted by Gasteiger charge is -2.35. The minimum atomic E-state index is -4.35. The molecule has 1 atom stereocenters. The molecule has 1 aliphatic rings. The van der Waals surface area contributed by atoms with Crippen LogP contribution in [0.2, 0.25) is 0 Å². The second kappa shape index (κ2) is 3.84. The van der Waals surface area contributed by atoms with E-state index in [0.29, 0.717) is 18.8 Å². The van der Waals surface area contributed by atoms with Crippen molar-refractivity contribution < 1.29 is 17.8 Å². The maximum Gasteiger partial charge on any atom is 0.277 e. The summed E-state index contributed by atoms with van der Waals surface area (Å²) in [7, 11) is -4.35. The molecule has 4 N–H and O–H groups in total. The smallest absolute Gasteiger partial charge is 0.277 e. The zero-order valence-electron chi connectivity index (χ0n) is 7.80. The maximum atomic E-state index is 11.1. The van der Waals surface area contributed by atoms with Crippen molar-refractivity contribution in [1.29, 1.82) is 0 Å². The summed E-state index contributed by atoms with van der Waals surface area (Å²) in [4.78, 5) is 11.1. The molecule has 0 spiro atoms. The lowest BCUT2D eigenvalue weighted by atomic mass is 9.74. The fourth-order valence-corrected chi connectivity index (χ4v) is 2.93. The van der Waals surface area contributed by atoms with Crippen LogP contribution in [-0.2, 0) is 14.9 Å². The summed E-state index contributed by atoms with van der Waals surface area (Å²) in [6.07, 6.45) is 1.25. The third-order valence-electron chi connectivity index (χ3n) is 2.56. The van der Waals surface area contributed by atoms with Crippen LogP contribution in [-0.4, -0.2) is 24.1 Å². The number of hydrazine groups is 1. The number of rotatable bonds is 3. The van der Waals surface area contributed by atoms with Gasteiger partial charge in [-0.2, -0.15) is 8.42 Å². The normalized spacial score (nSPS) is 29.1. The molecule has 0 radical (unpaired) electrons. The van der Waals surface area contributed by atoms with Crippen molar-refractivity contribution in [1.82, 2.24) is 5.43 Å². The quantitative estimate of drug-likeness (QED) is 0.252. The van der Waals surface area contributed by atoms with Gasteiger partial charge in [-0.25, -0.2) is 5.84 Å². The van der Waals surface area contributed by atoms with E-state index in [-0.39, 0.29) is 5.92 Å². The first-order valence-electron chi connectivity index (χ1n) is 4.33. The Morgan fingerprint density at radius 2 is 2.07 bits per heavy atom. The molecule has 1 fully saturated rings. The van der Waals surface area contributed by atoms with Gasteiger partial charge in [0, 0.05) is 0 Å². The molecule has 0 aromatic carbocycles. The van der Waals surface area contributed by atoms with Crippen molar-refractivity contribution >= 4 is 16.0 Å². The Labute approximate surface area is 82.6 Å². The van der Waals surface area contributed by atoms with Crippen molar-refractivity contribution in [3.8, 4) is 0 Å². The largest absolute Gasteiger partial charge is 0.293 e. The highest BCUT2D eigenvalue weighted by Gasteiger charge is 2.43. The maximum absolute atomic E-state index is 11.1. The van der Waals surface area contributed by atoms with E-state index >= 15 is 0 Å². The van der Waals surface area contributed by atoms with Gasteiger partial charge in [0.15, 0.2) is 5.25 Å². The van der Waals surface area contributed by atoms with E-state index in [1.807, 2.05) is 6.92 Å². The molecule has 0 heterocycles. The lowest BCUT2D eigenvalue weighted by molar-refractivity contribution is -0.122. The monoisotopic (exact) mass is 222 g/mol. The summed E-state index contributed by atoms with van der Waals surface area (Å²) < 4.78 is 30.7. The van der Waals surface area contributed by atoms with Crippen LogP contribution >= 0.6 is 0 Å². The van der Waals surface area contributed by atoms with Crippen molar-refractivity contribution in [2.75, 3.05) is 0 Å². The van der Waals surface area contributed by atoms with E-state index in [1.54, 1.807) is 5.43 Å². The van der Waals surface area contributed by atoms with E-state index in [2.05, 4.69) is 0 Å². The van der Waals surface area contributed by atoms with Gasteiger partial charge in [0.2, 0.25) is 0 Å². The number of nitrogens with one attached hydrogen (secondary N) is 1. The Morgan fingerprint density at radius 1 is 1.57 bits per heavy atom. The average molecular weight is 222 g/mol. The van der Waals surface area contributed by atoms with Crippen LogP contribution in [0, 0.1) is 11.8 Å². The van der Waals surface area contributed by atoms with Gasteiger partial charge in [-0.1, -0.05) is 6.92 Å². The number of hydrogen-bond acceptors (Lipinski definition) is 4. The van der Waals surface area contributed by atoms with Crippen molar-refractivity contribution in [3.05, 3.63) is 0 Å². The molecule has 0 aromatic heterocycles. The zero-order chi connectivity index (χ0) is 10.9. The van der Waals surface area contributed by atoms with Gasteiger partial charge < -0.3 is 0 Å². The molecule has 1 aliphatic carbocycles. The number of carbonyl (C=O) groups excluding carboxylic acids is 1. The van der Waals surface area contributed by atoms with Crippen LogP contribution in [0.1, 0.15) is 19.8 Å². The summed E-state index contributed by atoms with van der Waals surface area (Å²) >= 11 is 0. The SMILES string of the molecule is CC1CC(C(C(=O)NN)S(=O)(=O)O)C1. The van der Waals surface area contributed by atoms with E-state index in [4.69, 9.17) is 10.4 Å². The molecular weight excluding hydrogens is 208 g/mol. The Bertz CT molecular complexity index is 321. The first-order valence-corrected chi connectivity index (χ1v) is 5.83. The standard InChI is InChI=1S/C7H14N2O4S/c1-4-2-5(3-4)6(7(10)9-8)14(11,12)13/h4-6H,2-3,8H2,1H3,(H,9,10)(H,11,12,13). The fraction of sp³-hybridized carbons (Fsp3) is 0.857. The van der Waals surface area contributed by atoms with Gasteiger partial charge >= 0.3 is 0 Å². The Balaban J connectivity index is 2.79. The molecule has 0 bridgehead atoms. The van der Waals surface area contributed by atoms with Crippen molar-refractivity contribution in [3.63, 3.8) is 0 Å². The number of nitrogens with two attached hydrogens (primary N) is 1. The molecule has 7 heteroatoms. The third-order valence-corrected chi connectivity index (χ3v) is 3.80. The van der Waals surface area contributed by atoms with Crippen molar-refractivity contribution in [2.24, 2.45) is 17.7 Å². The number of carbonyl (C=O) groups is 1. The molecule has 1 unspecified atom stereocenters. The van der Waals surface area contributed by atoms with Crippen LogP contribution in [0.15, 0.2) is 0 Å². The molecule has 6 nitrogen and oxygen atoms in total. The van der Waals surface area contributed by atoms with E-state index in [1.165, 1.54) is 0 Å². The topological polar surface area (TPSA) is 109 Å².